The Hall–Kier alpha value is -5.69. The number of aliphatic hydroxyl groups excluding tert-OH is 2. The summed E-state index contributed by atoms with van der Waals surface area (Å²) in [7, 11) is 0. The number of likely N-dealkylation sites (tertiary alicyclic amines) is 2. The maximum absolute atomic E-state index is 13.1. The molecule has 5 saturated heterocycles. The number of ether oxygens (including phenoxy) is 1. The lowest BCUT2D eigenvalue weighted by molar-refractivity contribution is -0.142. The van der Waals surface area contributed by atoms with Crippen LogP contribution in [-0.4, -0.2) is 180 Å². The standard InChI is InChI=1S/C29H37F3N6O3.C24H29F3N6O2/c30-29(31,32)25-3-8-33-27(35-25)38-11-6-28(40,7-12-38)26(39)19-36-9-4-20(5-10-36)23-18-34-24-2-1-21(17-22(23)24)37-13-15-41-16-14-37;25-24(26,27)19-5-10-28-22(31-19)33-13-8-23(35,9-14-33)20(34)15-32-11-6-16(7-12-32)21-29-17-3-1-2-4-18(17)30-21/h1-3,8,17-18,20,26,34,39-40H,4-7,9-16,19H2;1-5,10,16,20,34-35H,6-9,11-15H2,(H,29,30). The van der Waals surface area contributed by atoms with E-state index in [0.717, 1.165) is 125 Å². The predicted octanol–water partition coefficient (Wildman–Crippen LogP) is 6.33. The second-order valence-corrected chi connectivity index (χ2v) is 21.1. The monoisotopic (exact) mass is 1060 g/mol. The molecule has 4 aromatic heterocycles. The molecule has 2 atom stereocenters. The van der Waals surface area contributed by atoms with Crippen LogP contribution < -0.4 is 14.7 Å². The summed E-state index contributed by atoms with van der Waals surface area (Å²) in [6.45, 7) is 8.29. The van der Waals surface area contributed by atoms with E-state index in [0.29, 0.717) is 24.9 Å². The van der Waals surface area contributed by atoms with Gasteiger partial charge in [-0.25, -0.2) is 24.9 Å². The molecule has 2 unspecified atom stereocenters. The maximum Gasteiger partial charge on any atom is 0.433 e. The third-order valence-electron chi connectivity index (χ3n) is 16.3. The molecule has 0 aliphatic carbocycles. The molecule has 6 aromatic rings. The molecule has 0 spiro atoms. The molecule has 11 rings (SSSR count). The van der Waals surface area contributed by atoms with Gasteiger partial charge in [-0.3, -0.25) is 0 Å². The number of morpholine rings is 1. The van der Waals surface area contributed by atoms with Gasteiger partial charge in [0.05, 0.1) is 47.7 Å². The zero-order valence-corrected chi connectivity index (χ0v) is 42.2. The van der Waals surface area contributed by atoms with E-state index in [9.17, 15) is 46.8 Å². The summed E-state index contributed by atoms with van der Waals surface area (Å²) in [5.74, 6) is 1.72. The fourth-order valence-corrected chi connectivity index (χ4v) is 11.5. The summed E-state index contributed by atoms with van der Waals surface area (Å²) in [4.78, 5) is 36.8. The number of para-hydroxylation sites is 2. The molecule has 17 nitrogen and oxygen atoms in total. The van der Waals surface area contributed by atoms with Crippen LogP contribution >= 0.6 is 0 Å². The lowest BCUT2D eigenvalue weighted by Gasteiger charge is -2.43. The van der Waals surface area contributed by atoms with Gasteiger partial charge in [0.2, 0.25) is 11.9 Å². The molecule has 5 fully saturated rings. The number of aromatic amines is 2. The number of rotatable bonds is 11. The number of benzene rings is 2. The molecule has 23 heteroatoms. The van der Waals surface area contributed by atoms with Crippen LogP contribution in [0.3, 0.4) is 0 Å². The number of β-amino-alcohol motifs (C(OH)–C–C–N with tert-alkyl or cyclic N) is 2. The molecule has 5 aliphatic heterocycles. The van der Waals surface area contributed by atoms with Crippen LogP contribution in [-0.2, 0) is 17.1 Å². The van der Waals surface area contributed by atoms with Crippen molar-refractivity contribution >= 4 is 39.5 Å². The summed E-state index contributed by atoms with van der Waals surface area (Å²) in [6, 6.07) is 16.3. The van der Waals surface area contributed by atoms with Crippen LogP contribution in [0.2, 0.25) is 0 Å². The number of nitrogens with one attached hydrogen (secondary N) is 2. The highest BCUT2D eigenvalue weighted by Crippen LogP contribution is 2.38. The van der Waals surface area contributed by atoms with Gasteiger partial charge in [-0.1, -0.05) is 12.1 Å². The molecule has 9 heterocycles. The van der Waals surface area contributed by atoms with E-state index >= 15 is 0 Å². The van der Waals surface area contributed by atoms with E-state index in [1.165, 1.54) is 16.6 Å². The highest BCUT2D eigenvalue weighted by atomic mass is 19.4. The van der Waals surface area contributed by atoms with Gasteiger partial charge in [0.25, 0.3) is 0 Å². The van der Waals surface area contributed by atoms with Crippen molar-refractivity contribution in [3.05, 3.63) is 96.0 Å². The average molecular weight is 1070 g/mol. The number of fused-ring (bicyclic) bond motifs is 2. The summed E-state index contributed by atoms with van der Waals surface area (Å²) in [5, 5.41) is 45.5. The number of halogens is 6. The van der Waals surface area contributed by atoms with E-state index in [-0.39, 0.29) is 63.8 Å². The number of hydrogen-bond donors (Lipinski definition) is 6. The van der Waals surface area contributed by atoms with Crippen molar-refractivity contribution in [1.82, 2.24) is 44.7 Å². The topological polar surface area (TPSA) is 202 Å². The van der Waals surface area contributed by atoms with Gasteiger partial charge in [-0.15, -0.1) is 0 Å². The van der Waals surface area contributed by atoms with E-state index in [1.807, 2.05) is 24.3 Å². The first-order valence-electron chi connectivity index (χ1n) is 26.4. The summed E-state index contributed by atoms with van der Waals surface area (Å²) >= 11 is 0. The van der Waals surface area contributed by atoms with E-state index in [4.69, 9.17) is 9.72 Å². The number of imidazole rings is 1. The van der Waals surface area contributed by atoms with Gasteiger partial charge < -0.3 is 59.6 Å². The van der Waals surface area contributed by atoms with Gasteiger partial charge in [0, 0.05) is 93.5 Å². The lowest BCUT2D eigenvalue weighted by atomic mass is 9.84. The Morgan fingerprint density at radius 2 is 1.12 bits per heavy atom. The predicted molar refractivity (Wildman–Crippen MR) is 273 cm³/mol. The molecular formula is C53H66F6N12O5. The fourth-order valence-electron chi connectivity index (χ4n) is 11.5. The van der Waals surface area contributed by atoms with Crippen LogP contribution in [0.25, 0.3) is 21.9 Å². The number of nitrogens with zero attached hydrogens (tertiary/aromatic N) is 10. The van der Waals surface area contributed by atoms with Crippen LogP contribution in [0.5, 0.6) is 0 Å². The van der Waals surface area contributed by atoms with E-state index < -0.39 is 47.2 Å². The smallest absolute Gasteiger partial charge is 0.389 e. The van der Waals surface area contributed by atoms with Crippen LogP contribution in [0.15, 0.2) is 73.2 Å². The Morgan fingerprint density at radius 3 is 1.63 bits per heavy atom. The Bertz CT molecular complexity index is 2830. The second-order valence-electron chi connectivity index (χ2n) is 21.1. The number of hydrogen-bond acceptors (Lipinski definition) is 15. The van der Waals surface area contributed by atoms with E-state index in [1.54, 1.807) is 9.80 Å². The number of piperidine rings is 4. The molecule has 2 aromatic carbocycles. The molecule has 0 saturated carbocycles. The molecule has 0 radical (unpaired) electrons. The highest BCUT2D eigenvalue weighted by Gasteiger charge is 2.43. The summed E-state index contributed by atoms with van der Waals surface area (Å²) in [5.41, 5.74) is 1.11. The maximum atomic E-state index is 13.1. The van der Waals surface area contributed by atoms with Gasteiger partial charge in [-0.05, 0) is 131 Å². The first-order chi connectivity index (χ1) is 36.4. The van der Waals surface area contributed by atoms with Crippen molar-refractivity contribution in [1.29, 1.82) is 0 Å². The van der Waals surface area contributed by atoms with Crippen molar-refractivity contribution in [3.8, 4) is 0 Å². The number of anilines is 3. The minimum Gasteiger partial charge on any atom is -0.389 e. The largest absolute Gasteiger partial charge is 0.433 e. The zero-order valence-electron chi connectivity index (χ0n) is 42.2. The first kappa shape index (κ1) is 53.7. The molecule has 76 heavy (non-hydrogen) atoms. The highest BCUT2D eigenvalue weighted by molar-refractivity contribution is 5.87. The van der Waals surface area contributed by atoms with Gasteiger partial charge >= 0.3 is 12.4 Å². The first-order valence-corrected chi connectivity index (χ1v) is 26.4. The average Bonchev–Trinajstić information content (AvgIpc) is 4.07. The Balaban J connectivity index is 0.000000175. The Morgan fingerprint density at radius 1 is 0.605 bits per heavy atom. The lowest BCUT2D eigenvalue weighted by Crippen LogP contribution is -2.55. The van der Waals surface area contributed by atoms with Gasteiger partial charge in [-0.2, -0.15) is 26.3 Å². The third kappa shape index (κ3) is 12.2. The zero-order chi connectivity index (χ0) is 53.2. The van der Waals surface area contributed by atoms with Crippen molar-refractivity contribution < 1.29 is 51.5 Å². The SMILES string of the molecule is OC(CN1CCC(c2c[nH]c3ccc(N4CCOCC4)cc23)CC1)C1(O)CCN(c2nccc(C(F)(F)F)n2)CC1.OC(CN1CCC(c2nc3ccccc3[nH]2)CC1)C1(O)CCN(c2nccc(C(F)(F)F)n2)CC1. The second kappa shape index (κ2) is 22.3. The minimum absolute atomic E-state index is 0.00668. The quantitative estimate of drug-likeness (QED) is 0.0786. The Labute approximate surface area is 435 Å². The number of aliphatic hydroxyl groups is 4. The summed E-state index contributed by atoms with van der Waals surface area (Å²) < 4.78 is 83.6. The molecule has 5 aliphatic rings. The molecule has 6 N–H and O–H groups in total. The number of alkyl halides is 6. The van der Waals surface area contributed by atoms with Crippen molar-refractivity contribution in [2.75, 3.05) is 106 Å². The fraction of sp³-hybridized carbons (Fsp3) is 0.566. The Kier molecular flexibility index (Phi) is 15.8. The van der Waals surface area contributed by atoms with Crippen molar-refractivity contribution in [3.63, 3.8) is 0 Å². The van der Waals surface area contributed by atoms with E-state index in [2.05, 4.69) is 69.0 Å². The molecule has 0 amide bonds. The normalized spacial score (nSPS) is 21.4. The van der Waals surface area contributed by atoms with Crippen molar-refractivity contribution in [2.45, 2.75) is 99.0 Å². The van der Waals surface area contributed by atoms with Gasteiger partial charge in [0.15, 0.2) is 0 Å². The van der Waals surface area contributed by atoms with Crippen molar-refractivity contribution in [2.24, 2.45) is 0 Å². The van der Waals surface area contributed by atoms with Crippen LogP contribution in [0.1, 0.15) is 86.0 Å². The van der Waals surface area contributed by atoms with Gasteiger partial charge in [0.1, 0.15) is 17.2 Å². The molecule has 0 bridgehead atoms. The molecule has 410 valence electrons. The van der Waals surface area contributed by atoms with Crippen LogP contribution in [0, 0.1) is 0 Å². The van der Waals surface area contributed by atoms with Crippen LogP contribution in [0.4, 0.5) is 43.9 Å². The number of aromatic nitrogens is 7. The summed E-state index contributed by atoms with van der Waals surface area (Å²) in [6.07, 6.45) is -2.02. The third-order valence-corrected chi connectivity index (χ3v) is 16.3. The number of H-pyrrole nitrogens is 2. The molecular weight excluding hydrogens is 999 g/mol. The minimum atomic E-state index is -4.54.